The fraction of sp³-hybridized carbons (Fsp3) is 0. The first-order valence-electron chi connectivity index (χ1n) is 14.5. The van der Waals surface area contributed by atoms with E-state index in [4.69, 9.17) is 8.83 Å². The average Bonchev–Trinajstić information content (AvgIpc) is 3.69. The van der Waals surface area contributed by atoms with Crippen LogP contribution in [0.5, 0.6) is 0 Å². The molecule has 43 heavy (non-hydrogen) atoms. The molecule has 2 aromatic heterocycles. The van der Waals surface area contributed by atoms with Gasteiger partial charge >= 0.3 is 0 Å². The third-order valence-electron chi connectivity index (χ3n) is 8.52. The van der Waals surface area contributed by atoms with E-state index >= 15 is 0 Å². The Hall–Kier alpha value is -5.80. The van der Waals surface area contributed by atoms with Crippen molar-refractivity contribution in [2.45, 2.75) is 0 Å². The van der Waals surface area contributed by atoms with Gasteiger partial charge in [-0.2, -0.15) is 0 Å². The average molecular weight is 552 g/mol. The molecule has 0 fully saturated rings. The molecular weight excluding hydrogens is 526 g/mol. The van der Waals surface area contributed by atoms with E-state index < -0.39 is 0 Å². The summed E-state index contributed by atoms with van der Waals surface area (Å²) in [6, 6.07) is 51.6. The fourth-order valence-electron chi connectivity index (χ4n) is 6.38. The van der Waals surface area contributed by atoms with Gasteiger partial charge < -0.3 is 13.7 Å². The summed E-state index contributed by atoms with van der Waals surface area (Å²) >= 11 is 0. The minimum absolute atomic E-state index is 0.879. The molecule has 3 nitrogen and oxygen atoms in total. The van der Waals surface area contributed by atoms with Gasteiger partial charge in [-0.1, -0.05) is 78.9 Å². The summed E-state index contributed by atoms with van der Waals surface area (Å²) in [6.45, 7) is 0. The Labute approximate surface area is 247 Å². The summed E-state index contributed by atoms with van der Waals surface area (Å²) in [7, 11) is 0. The number of fused-ring (bicyclic) bond motifs is 7. The van der Waals surface area contributed by atoms with Crippen molar-refractivity contribution in [3.8, 4) is 11.1 Å². The predicted molar refractivity (Wildman–Crippen MR) is 179 cm³/mol. The fourth-order valence-corrected chi connectivity index (χ4v) is 6.38. The van der Waals surface area contributed by atoms with Crippen LogP contribution in [0.1, 0.15) is 0 Å². The summed E-state index contributed by atoms with van der Waals surface area (Å²) in [4.78, 5) is 2.32. The number of rotatable bonds is 4. The van der Waals surface area contributed by atoms with Gasteiger partial charge in [-0.15, -0.1) is 0 Å². The van der Waals surface area contributed by atoms with Crippen LogP contribution in [0.25, 0.3) is 65.6 Å². The molecule has 0 spiro atoms. The molecule has 7 aromatic carbocycles. The molecule has 0 aliphatic rings. The molecule has 0 bridgehead atoms. The first-order valence-corrected chi connectivity index (χ1v) is 14.5. The number of hydrogen-bond donors (Lipinski definition) is 0. The van der Waals surface area contributed by atoms with E-state index in [1.165, 1.54) is 21.5 Å². The second kappa shape index (κ2) is 9.37. The maximum absolute atomic E-state index is 6.17. The third-order valence-corrected chi connectivity index (χ3v) is 8.52. The van der Waals surface area contributed by atoms with E-state index in [1.807, 2.05) is 24.3 Å². The lowest BCUT2D eigenvalue weighted by atomic mass is 10.0. The van der Waals surface area contributed by atoms with Crippen molar-refractivity contribution < 1.29 is 8.83 Å². The minimum atomic E-state index is 0.879. The molecule has 0 saturated heterocycles. The first-order chi connectivity index (χ1) is 21.3. The highest BCUT2D eigenvalue weighted by Gasteiger charge is 2.16. The Morgan fingerprint density at radius 3 is 1.95 bits per heavy atom. The third kappa shape index (κ3) is 3.90. The lowest BCUT2D eigenvalue weighted by Gasteiger charge is -2.26. The summed E-state index contributed by atoms with van der Waals surface area (Å²) in [5.74, 6) is 0. The summed E-state index contributed by atoms with van der Waals surface area (Å²) in [6.07, 6.45) is 1.74. The smallest absolute Gasteiger partial charge is 0.136 e. The molecule has 0 N–H and O–H groups in total. The van der Waals surface area contributed by atoms with Gasteiger partial charge in [0.15, 0.2) is 0 Å². The van der Waals surface area contributed by atoms with Crippen LogP contribution >= 0.6 is 0 Å². The monoisotopic (exact) mass is 551 g/mol. The Morgan fingerprint density at radius 2 is 1.05 bits per heavy atom. The van der Waals surface area contributed by atoms with Gasteiger partial charge in [0.2, 0.25) is 0 Å². The van der Waals surface area contributed by atoms with Crippen molar-refractivity contribution in [3.05, 3.63) is 152 Å². The Balaban J connectivity index is 1.18. The summed E-state index contributed by atoms with van der Waals surface area (Å²) < 4.78 is 11.8. The normalized spacial score (nSPS) is 11.7. The molecule has 0 aliphatic heterocycles. The molecule has 0 atom stereocenters. The SMILES string of the molecule is c1ccc2c(c1)ccc1ccc(N(c3ccc(-c4ccc5c(c4)oc4ccccc45)cc3)c3ccc4occc4c3)cc12. The molecule has 0 unspecified atom stereocenters. The molecule has 2 heterocycles. The van der Waals surface area contributed by atoms with Gasteiger partial charge in [0.1, 0.15) is 16.7 Å². The zero-order valence-corrected chi connectivity index (χ0v) is 23.2. The molecule has 0 saturated carbocycles. The highest BCUT2D eigenvalue weighted by atomic mass is 16.3. The van der Waals surface area contributed by atoms with Crippen LogP contribution in [-0.4, -0.2) is 0 Å². The molecule has 3 heteroatoms. The van der Waals surface area contributed by atoms with Crippen molar-refractivity contribution in [3.63, 3.8) is 0 Å². The van der Waals surface area contributed by atoms with Crippen LogP contribution in [0.3, 0.4) is 0 Å². The van der Waals surface area contributed by atoms with Gasteiger partial charge in [-0.3, -0.25) is 0 Å². The zero-order valence-electron chi connectivity index (χ0n) is 23.2. The van der Waals surface area contributed by atoms with E-state index in [-0.39, 0.29) is 0 Å². The molecule has 0 aliphatic carbocycles. The summed E-state index contributed by atoms with van der Waals surface area (Å²) in [5, 5.41) is 8.32. The predicted octanol–water partition coefficient (Wildman–Crippen LogP) is 11.8. The van der Waals surface area contributed by atoms with Crippen LogP contribution in [-0.2, 0) is 0 Å². The van der Waals surface area contributed by atoms with Crippen LogP contribution in [0.2, 0.25) is 0 Å². The van der Waals surface area contributed by atoms with Crippen LogP contribution < -0.4 is 4.90 Å². The molecular formula is C40H25NO2. The van der Waals surface area contributed by atoms with Crippen molar-refractivity contribution in [2.75, 3.05) is 4.90 Å². The lowest BCUT2D eigenvalue weighted by Crippen LogP contribution is -2.09. The van der Waals surface area contributed by atoms with E-state index in [1.54, 1.807) is 6.26 Å². The van der Waals surface area contributed by atoms with Crippen LogP contribution in [0.15, 0.2) is 161 Å². The Morgan fingerprint density at radius 1 is 0.372 bits per heavy atom. The van der Waals surface area contributed by atoms with Gasteiger partial charge in [0.25, 0.3) is 0 Å². The van der Waals surface area contributed by atoms with Gasteiger partial charge in [-0.05, 0) is 99.4 Å². The van der Waals surface area contributed by atoms with Crippen LogP contribution in [0, 0.1) is 0 Å². The first kappa shape index (κ1) is 23.9. The largest absolute Gasteiger partial charge is 0.464 e. The number of nitrogens with zero attached hydrogens (tertiary/aromatic N) is 1. The number of para-hydroxylation sites is 1. The summed E-state index contributed by atoms with van der Waals surface area (Å²) in [5.41, 5.74) is 8.22. The quantitative estimate of drug-likeness (QED) is 0.204. The van der Waals surface area contributed by atoms with Crippen molar-refractivity contribution in [1.29, 1.82) is 0 Å². The molecule has 9 aromatic rings. The number of furan rings is 2. The molecule has 0 radical (unpaired) electrons. The lowest BCUT2D eigenvalue weighted by molar-refractivity contribution is 0.616. The highest BCUT2D eigenvalue weighted by Crippen LogP contribution is 2.40. The Kier molecular flexibility index (Phi) is 5.20. The second-order valence-electron chi connectivity index (χ2n) is 11.0. The Bertz CT molecular complexity index is 2460. The molecule has 9 rings (SSSR count). The van der Waals surface area contributed by atoms with Gasteiger partial charge in [0, 0.05) is 33.2 Å². The standard InChI is InChI=1S/C40H25NO2/c1-2-6-34-27(5-1)9-10-28-13-17-33(25-37(28)34)41(32-18-20-38-30(23-32)21-22-42-38)31-15-11-26(12-16-31)29-14-19-36-35-7-3-4-8-39(35)43-40(36)24-29/h1-25H. The van der Waals surface area contributed by atoms with Gasteiger partial charge in [-0.25, -0.2) is 0 Å². The highest BCUT2D eigenvalue weighted by molar-refractivity contribution is 6.09. The van der Waals surface area contributed by atoms with E-state index in [0.717, 1.165) is 61.1 Å². The van der Waals surface area contributed by atoms with E-state index in [2.05, 4.69) is 126 Å². The maximum atomic E-state index is 6.17. The second-order valence-corrected chi connectivity index (χ2v) is 11.0. The molecule has 202 valence electrons. The van der Waals surface area contributed by atoms with Crippen molar-refractivity contribution >= 4 is 71.5 Å². The topological polar surface area (TPSA) is 29.5 Å². The van der Waals surface area contributed by atoms with Crippen molar-refractivity contribution in [1.82, 2.24) is 0 Å². The van der Waals surface area contributed by atoms with Crippen molar-refractivity contribution in [2.24, 2.45) is 0 Å². The minimum Gasteiger partial charge on any atom is -0.464 e. The molecule has 0 amide bonds. The maximum Gasteiger partial charge on any atom is 0.136 e. The van der Waals surface area contributed by atoms with E-state index in [9.17, 15) is 0 Å². The van der Waals surface area contributed by atoms with Gasteiger partial charge in [0.05, 0.1) is 6.26 Å². The van der Waals surface area contributed by atoms with E-state index in [0.29, 0.717) is 0 Å². The number of anilines is 3. The number of benzene rings is 7. The number of hydrogen-bond acceptors (Lipinski definition) is 3. The van der Waals surface area contributed by atoms with Crippen LogP contribution in [0.4, 0.5) is 17.1 Å². The zero-order chi connectivity index (χ0) is 28.3.